The summed E-state index contributed by atoms with van der Waals surface area (Å²) in [6.07, 6.45) is 1.34. The molecule has 1 unspecified atom stereocenters. The van der Waals surface area contributed by atoms with Gasteiger partial charge in [-0.25, -0.2) is 0 Å². The summed E-state index contributed by atoms with van der Waals surface area (Å²) >= 11 is 17.7. The molecule has 1 aromatic carbocycles. The maximum atomic E-state index is 12.5. The molecule has 1 aromatic rings. The van der Waals surface area contributed by atoms with E-state index >= 15 is 0 Å². The number of amides is 1. The van der Waals surface area contributed by atoms with Gasteiger partial charge < -0.3 is 10.1 Å². The number of hydrogen-bond donors (Lipinski definition) is 1. The summed E-state index contributed by atoms with van der Waals surface area (Å²) in [6, 6.07) is 5.07. The largest absolute Gasteiger partial charge is 0.479 e. The Labute approximate surface area is 159 Å². The fraction of sp³-hybridized carbons (Fsp3) is 0.500. The van der Waals surface area contributed by atoms with E-state index in [9.17, 15) is 4.79 Å². The van der Waals surface area contributed by atoms with E-state index in [0.717, 1.165) is 6.42 Å². The summed E-state index contributed by atoms with van der Waals surface area (Å²) < 4.78 is 5.73. The molecule has 1 atom stereocenters. The SMILES string of the molecule is CCC(Oc1cccc(Cl)c1Cl)C(=O)NC(C)(C)C#CCCCCl. The van der Waals surface area contributed by atoms with Gasteiger partial charge in [0.05, 0.1) is 10.6 Å². The summed E-state index contributed by atoms with van der Waals surface area (Å²) in [5.74, 6) is 6.79. The molecule has 0 radical (unpaired) electrons. The van der Waals surface area contributed by atoms with Crippen molar-refractivity contribution in [3.63, 3.8) is 0 Å². The van der Waals surface area contributed by atoms with Crippen LogP contribution in [0.1, 0.15) is 40.0 Å². The molecule has 1 rings (SSSR count). The number of hydrogen-bond acceptors (Lipinski definition) is 2. The van der Waals surface area contributed by atoms with Crippen LogP contribution in [0.25, 0.3) is 0 Å². The zero-order valence-corrected chi connectivity index (χ0v) is 16.4. The molecule has 0 aliphatic heterocycles. The number of carbonyl (C=O) groups is 1. The van der Waals surface area contributed by atoms with Gasteiger partial charge >= 0.3 is 0 Å². The molecule has 0 aliphatic carbocycles. The first-order valence-corrected chi connectivity index (χ1v) is 9.08. The van der Waals surface area contributed by atoms with Gasteiger partial charge in [0.15, 0.2) is 6.10 Å². The van der Waals surface area contributed by atoms with Gasteiger partial charge in [-0.05, 0) is 38.8 Å². The zero-order chi connectivity index (χ0) is 18.2. The summed E-state index contributed by atoms with van der Waals surface area (Å²) in [6.45, 7) is 5.55. The maximum Gasteiger partial charge on any atom is 0.262 e. The third-order valence-electron chi connectivity index (χ3n) is 3.12. The highest BCUT2D eigenvalue weighted by molar-refractivity contribution is 6.42. The van der Waals surface area contributed by atoms with Gasteiger partial charge in [-0.15, -0.1) is 17.5 Å². The highest BCUT2D eigenvalue weighted by atomic mass is 35.5. The number of halogens is 3. The second-order valence-electron chi connectivity index (χ2n) is 5.78. The predicted octanol–water partition coefficient (Wildman–Crippen LogP) is 5.07. The molecule has 0 fully saturated rings. The van der Waals surface area contributed by atoms with Crippen molar-refractivity contribution in [1.82, 2.24) is 5.32 Å². The Hall–Kier alpha value is -1.08. The molecule has 0 aliphatic rings. The molecule has 0 heterocycles. The minimum atomic E-state index is -0.676. The highest BCUT2D eigenvalue weighted by Gasteiger charge is 2.25. The topological polar surface area (TPSA) is 38.3 Å². The normalized spacial score (nSPS) is 12.1. The number of nitrogens with one attached hydrogen (secondary N) is 1. The van der Waals surface area contributed by atoms with Gasteiger partial charge in [-0.3, -0.25) is 4.79 Å². The van der Waals surface area contributed by atoms with Gasteiger partial charge in [0.2, 0.25) is 0 Å². The molecular weight excluding hydrogens is 369 g/mol. The number of benzene rings is 1. The second-order valence-corrected chi connectivity index (χ2v) is 6.94. The van der Waals surface area contributed by atoms with Crippen molar-refractivity contribution in [2.24, 2.45) is 0 Å². The van der Waals surface area contributed by atoms with E-state index in [1.165, 1.54) is 0 Å². The van der Waals surface area contributed by atoms with Crippen LogP contribution >= 0.6 is 34.8 Å². The van der Waals surface area contributed by atoms with E-state index in [1.54, 1.807) is 18.2 Å². The average molecular weight is 391 g/mol. The van der Waals surface area contributed by atoms with Gasteiger partial charge in [0.25, 0.3) is 5.91 Å². The summed E-state index contributed by atoms with van der Waals surface area (Å²) in [4.78, 5) is 12.5. The fourth-order valence-corrected chi connectivity index (χ4v) is 2.38. The van der Waals surface area contributed by atoms with Crippen molar-refractivity contribution in [3.8, 4) is 17.6 Å². The Kier molecular flexibility index (Phi) is 8.76. The Balaban J connectivity index is 2.75. The molecule has 1 N–H and O–H groups in total. The van der Waals surface area contributed by atoms with Gasteiger partial charge in [-0.2, -0.15) is 0 Å². The van der Waals surface area contributed by atoms with Crippen LogP contribution in [0.2, 0.25) is 10.0 Å². The smallest absolute Gasteiger partial charge is 0.262 e. The van der Waals surface area contributed by atoms with Gasteiger partial charge in [-0.1, -0.05) is 42.1 Å². The lowest BCUT2D eigenvalue weighted by atomic mass is 10.1. The molecule has 0 spiro atoms. The first-order valence-electron chi connectivity index (χ1n) is 7.79. The predicted molar refractivity (Wildman–Crippen MR) is 101 cm³/mol. The Morgan fingerprint density at radius 3 is 2.71 bits per heavy atom. The van der Waals surface area contributed by atoms with Crippen molar-refractivity contribution >= 4 is 40.7 Å². The molecule has 0 bridgehead atoms. The highest BCUT2D eigenvalue weighted by Crippen LogP contribution is 2.32. The number of rotatable bonds is 7. The van der Waals surface area contributed by atoms with Crippen LogP contribution in [-0.4, -0.2) is 23.4 Å². The minimum Gasteiger partial charge on any atom is -0.479 e. The van der Waals surface area contributed by atoms with E-state index in [-0.39, 0.29) is 5.91 Å². The van der Waals surface area contributed by atoms with E-state index in [2.05, 4.69) is 17.2 Å². The lowest BCUT2D eigenvalue weighted by Crippen LogP contribution is -2.48. The van der Waals surface area contributed by atoms with Crippen molar-refractivity contribution in [1.29, 1.82) is 0 Å². The Morgan fingerprint density at radius 1 is 1.38 bits per heavy atom. The molecule has 1 amide bonds. The molecule has 24 heavy (non-hydrogen) atoms. The Bertz CT molecular complexity index is 620. The monoisotopic (exact) mass is 389 g/mol. The van der Waals surface area contributed by atoms with E-state index in [4.69, 9.17) is 39.5 Å². The third kappa shape index (κ3) is 6.81. The van der Waals surface area contributed by atoms with Crippen molar-refractivity contribution < 1.29 is 9.53 Å². The number of unbranched alkanes of at least 4 members (excludes halogenated alkanes) is 1. The van der Waals surface area contributed by atoms with Crippen LogP contribution in [0.3, 0.4) is 0 Å². The van der Waals surface area contributed by atoms with E-state index in [1.807, 2.05) is 20.8 Å². The number of alkyl halides is 1. The number of ether oxygens (including phenoxy) is 1. The van der Waals surface area contributed by atoms with Crippen LogP contribution in [0, 0.1) is 11.8 Å². The summed E-state index contributed by atoms with van der Waals surface area (Å²) in [7, 11) is 0. The van der Waals surface area contributed by atoms with Crippen molar-refractivity contribution in [2.75, 3.05) is 5.88 Å². The summed E-state index contributed by atoms with van der Waals surface area (Å²) in [5.41, 5.74) is -0.654. The quantitative estimate of drug-likeness (QED) is 0.401. The lowest BCUT2D eigenvalue weighted by Gasteiger charge is -2.24. The molecule has 0 aromatic heterocycles. The molecular formula is C18H22Cl3NO2. The molecule has 3 nitrogen and oxygen atoms in total. The van der Waals surface area contributed by atoms with Crippen LogP contribution in [0.5, 0.6) is 5.75 Å². The average Bonchev–Trinajstić information content (AvgIpc) is 2.52. The molecule has 6 heteroatoms. The molecule has 0 saturated heterocycles. The van der Waals surface area contributed by atoms with Crippen LogP contribution in [0.15, 0.2) is 18.2 Å². The number of carbonyl (C=O) groups excluding carboxylic acids is 1. The van der Waals surface area contributed by atoms with Crippen LogP contribution in [-0.2, 0) is 4.79 Å². The fourth-order valence-electron chi connectivity index (χ4n) is 1.91. The van der Waals surface area contributed by atoms with E-state index in [0.29, 0.717) is 34.5 Å². The van der Waals surface area contributed by atoms with Crippen molar-refractivity contribution in [3.05, 3.63) is 28.2 Å². The standard InChI is InChI=1S/C18H22Cl3NO2/c1-4-14(24-15-10-8-9-13(20)16(15)21)17(23)22-18(2,3)11-6-5-7-12-19/h8-10,14H,4-5,7,12H2,1-3H3,(H,22,23). The minimum absolute atomic E-state index is 0.245. The summed E-state index contributed by atoms with van der Waals surface area (Å²) in [5, 5.41) is 3.57. The Morgan fingerprint density at radius 2 is 2.08 bits per heavy atom. The molecule has 0 saturated carbocycles. The zero-order valence-electron chi connectivity index (χ0n) is 14.1. The van der Waals surface area contributed by atoms with Gasteiger partial charge in [0, 0.05) is 12.3 Å². The first kappa shape index (κ1) is 21.0. The van der Waals surface area contributed by atoms with Crippen LogP contribution in [0.4, 0.5) is 0 Å². The molecule has 132 valence electrons. The van der Waals surface area contributed by atoms with Crippen molar-refractivity contribution in [2.45, 2.75) is 51.7 Å². The third-order valence-corrected chi connectivity index (χ3v) is 4.19. The lowest BCUT2D eigenvalue weighted by molar-refractivity contribution is -0.129. The van der Waals surface area contributed by atoms with Crippen LogP contribution < -0.4 is 10.1 Å². The van der Waals surface area contributed by atoms with Gasteiger partial charge in [0.1, 0.15) is 10.8 Å². The van der Waals surface area contributed by atoms with E-state index < -0.39 is 11.6 Å². The second kappa shape index (κ2) is 10.0. The first-order chi connectivity index (χ1) is 11.3. The maximum absolute atomic E-state index is 12.5.